The highest BCUT2D eigenvalue weighted by Crippen LogP contribution is 2.32. The van der Waals surface area contributed by atoms with E-state index in [0.29, 0.717) is 6.42 Å². The summed E-state index contributed by atoms with van der Waals surface area (Å²) in [7, 11) is 0. The number of carbonyl (C=O) groups is 3. The van der Waals surface area contributed by atoms with Crippen molar-refractivity contribution in [2.24, 2.45) is 17.3 Å². The van der Waals surface area contributed by atoms with Gasteiger partial charge in [0.2, 0.25) is 5.91 Å². The highest BCUT2D eigenvalue weighted by Gasteiger charge is 2.42. The van der Waals surface area contributed by atoms with Gasteiger partial charge in [0, 0.05) is 25.3 Å². The lowest BCUT2D eigenvalue weighted by Gasteiger charge is -2.34. The predicted molar refractivity (Wildman–Crippen MR) is 133 cm³/mol. The van der Waals surface area contributed by atoms with Crippen LogP contribution in [-0.4, -0.2) is 52.2 Å². The number of allylic oxidation sites excluding steroid dienone is 1. The Hall–Kier alpha value is -1.99. The van der Waals surface area contributed by atoms with E-state index in [0.717, 1.165) is 30.4 Å². The lowest BCUT2D eigenvalue weighted by Crippen LogP contribution is -2.45. The number of aliphatic hydroxyl groups excluding tert-OH is 2. The molecule has 34 heavy (non-hydrogen) atoms. The van der Waals surface area contributed by atoms with Gasteiger partial charge in [0.15, 0.2) is 0 Å². The van der Waals surface area contributed by atoms with Crippen LogP contribution in [0.25, 0.3) is 0 Å². The third kappa shape index (κ3) is 8.99. The zero-order valence-corrected chi connectivity index (χ0v) is 22.2. The molecular formula is C27H45NO6. The number of Topliss-reactive ketones (excluding diaryl/α,β-unsaturated/α-hetero) is 1. The first kappa shape index (κ1) is 30.0. The van der Waals surface area contributed by atoms with Crippen molar-refractivity contribution in [2.45, 2.75) is 112 Å². The average Bonchev–Trinajstić information content (AvgIpc) is 2.73. The van der Waals surface area contributed by atoms with Crippen LogP contribution in [0.4, 0.5) is 0 Å². The first-order chi connectivity index (χ1) is 15.7. The molecule has 0 radical (unpaired) electrons. The molecule has 0 aromatic carbocycles. The molecule has 0 fully saturated rings. The van der Waals surface area contributed by atoms with E-state index in [1.54, 1.807) is 20.8 Å². The molecule has 1 aliphatic rings. The van der Waals surface area contributed by atoms with Crippen LogP contribution in [0.2, 0.25) is 0 Å². The molecule has 0 unspecified atom stereocenters. The maximum Gasteiger partial charge on any atom is 0.309 e. The Morgan fingerprint density at radius 2 is 1.85 bits per heavy atom. The average molecular weight is 480 g/mol. The summed E-state index contributed by atoms with van der Waals surface area (Å²) in [5, 5.41) is 24.3. The topological polar surface area (TPSA) is 113 Å². The van der Waals surface area contributed by atoms with Crippen LogP contribution in [0.1, 0.15) is 87.5 Å². The number of hydrogen-bond acceptors (Lipinski definition) is 6. The Morgan fingerprint density at radius 3 is 2.44 bits per heavy atom. The number of cyclic esters (lactones) is 1. The molecule has 0 aliphatic carbocycles. The molecule has 0 aromatic heterocycles. The summed E-state index contributed by atoms with van der Waals surface area (Å²) in [5.74, 6) is -1.74. The number of ketones is 1. The van der Waals surface area contributed by atoms with Crippen molar-refractivity contribution in [3.05, 3.63) is 23.3 Å². The number of carbonyl (C=O) groups excluding carboxylic acids is 3. The van der Waals surface area contributed by atoms with Gasteiger partial charge in [0.1, 0.15) is 11.9 Å². The van der Waals surface area contributed by atoms with Crippen LogP contribution in [0.15, 0.2) is 23.3 Å². The Balaban J connectivity index is 3.23. The van der Waals surface area contributed by atoms with Gasteiger partial charge in [-0.05, 0) is 51.5 Å². The molecule has 0 saturated heterocycles. The highest BCUT2D eigenvalue weighted by molar-refractivity contribution is 5.88. The monoisotopic (exact) mass is 479 g/mol. The fourth-order valence-electron chi connectivity index (χ4n) is 4.49. The maximum atomic E-state index is 13.1. The standard InChI is InChI=1S/C27H45NO6/c1-16-10-9-11-17(2)25(32)20(5)26(33)27(7,8)23(30)15-24(31)34-22(13-12-16)18(3)14-19(4)28-21(6)29/h12,14,17,19-20,22-23,25,30,32H,9-11,13,15H2,1-8H3,(H,28,29)/b16-12-,18-14+/t17-,19-,20+,22-,23-,25-/m0/s1. The summed E-state index contributed by atoms with van der Waals surface area (Å²) in [6, 6.07) is -0.224. The molecule has 1 rings (SSSR count). The van der Waals surface area contributed by atoms with Crippen LogP contribution in [0, 0.1) is 17.3 Å². The van der Waals surface area contributed by atoms with E-state index in [-0.39, 0.29) is 30.1 Å². The summed E-state index contributed by atoms with van der Waals surface area (Å²) < 4.78 is 5.75. The van der Waals surface area contributed by atoms with Crippen molar-refractivity contribution in [2.75, 3.05) is 0 Å². The van der Waals surface area contributed by atoms with Crippen LogP contribution < -0.4 is 5.32 Å². The fourth-order valence-corrected chi connectivity index (χ4v) is 4.49. The minimum atomic E-state index is -1.24. The van der Waals surface area contributed by atoms with E-state index in [1.807, 2.05) is 33.8 Å². The van der Waals surface area contributed by atoms with Gasteiger partial charge in [-0.1, -0.05) is 45.4 Å². The van der Waals surface area contributed by atoms with E-state index in [1.165, 1.54) is 6.92 Å². The smallest absolute Gasteiger partial charge is 0.309 e. The third-order valence-electron chi connectivity index (χ3n) is 6.97. The van der Waals surface area contributed by atoms with Gasteiger partial charge in [-0.2, -0.15) is 0 Å². The van der Waals surface area contributed by atoms with Crippen molar-refractivity contribution < 1.29 is 29.3 Å². The minimum absolute atomic E-state index is 0.0641. The Labute approximate surface area is 205 Å². The molecule has 6 atom stereocenters. The van der Waals surface area contributed by atoms with Crippen molar-refractivity contribution in [1.82, 2.24) is 5.32 Å². The molecule has 7 nitrogen and oxygen atoms in total. The number of aliphatic hydroxyl groups is 2. The second-order valence-electron chi connectivity index (χ2n) is 10.6. The molecule has 194 valence electrons. The summed E-state index contributed by atoms with van der Waals surface area (Å²) >= 11 is 0. The van der Waals surface area contributed by atoms with E-state index < -0.39 is 35.6 Å². The Bertz CT molecular complexity index is 784. The lowest BCUT2D eigenvalue weighted by atomic mass is 9.73. The predicted octanol–water partition coefficient (Wildman–Crippen LogP) is 3.87. The number of amides is 1. The number of hydrogen-bond donors (Lipinski definition) is 3. The molecule has 1 heterocycles. The second kappa shape index (κ2) is 13.2. The van der Waals surface area contributed by atoms with Crippen LogP contribution in [0.5, 0.6) is 0 Å². The van der Waals surface area contributed by atoms with Crippen LogP contribution in [0.3, 0.4) is 0 Å². The highest BCUT2D eigenvalue weighted by atomic mass is 16.5. The van der Waals surface area contributed by atoms with Gasteiger partial charge in [-0.15, -0.1) is 0 Å². The van der Waals surface area contributed by atoms with Gasteiger partial charge in [-0.3, -0.25) is 14.4 Å². The van der Waals surface area contributed by atoms with Gasteiger partial charge in [0.25, 0.3) is 0 Å². The molecule has 1 aliphatic heterocycles. The zero-order chi connectivity index (χ0) is 26.2. The van der Waals surface area contributed by atoms with Gasteiger partial charge in [0.05, 0.1) is 24.0 Å². The molecular weight excluding hydrogens is 434 g/mol. The molecule has 0 saturated carbocycles. The third-order valence-corrected chi connectivity index (χ3v) is 6.97. The van der Waals surface area contributed by atoms with Crippen molar-refractivity contribution in [1.29, 1.82) is 0 Å². The number of nitrogens with one attached hydrogen (secondary N) is 1. The van der Waals surface area contributed by atoms with E-state index in [4.69, 9.17) is 4.74 Å². The van der Waals surface area contributed by atoms with Crippen molar-refractivity contribution >= 4 is 17.7 Å². The SMILES string of the molecule is CC(=O)N[C@@H](C)/C=C(\C)[C@@H]1C/C=C(/C)CCC[C@H](C)[C@H](O)[C@@H](C)C(=O)C(C)(C)[C@@H](O)CC(=O)O1. The van der Waals surface area contributed by atoms with Crippen molar-refractivity contribution in [3.63, 3.8) is 0 Å². The normalized spacial score (nSPS) is 32.8. The molecule has 0 spiro atoms. The Kier molecular flexibility index (Phi) is 11.7. The molecule has 0 bridgehead atoms. The van der Waals surface area contributed by atoms with Crippen molar-refractivity contribution in [3.8, 4) is 0 Å². The largest absolute Gasteiger partial charge is 0.457 e. The lowest BCUT2D eigenvalue weighted by molar-refractivity contribution is -0.154. The fraction of sp³-hybridized carbons (Fsp3) is 0.741. The molecule has 3 N–H and O–H groups in total. The van der Waals surface area contributed by atoms with E-state index in [9.17, 15) is 24.6 Å². The van der Waals surface area contributed by atoms with Gasteiger partial charge < -0.3 is 20.3 Å². The first-order valence-electron chi connectivity index (χ1n) is 12.4. The zero-order valence-electron chi connectivity index (χ0n) is 22.2. The quantitative estimate of drug-likeness (QED) is 0.418. The molecule has 7 heteroatoms. The summed E-state index contributed by atoms with van der Waals surface area (Å²) in [6.45, 7) is 14.0. The number of ether oxygens (including phenoxy) is 1. The van der Waals surface area contributed by atoms with Gasteiger partial charge in [-0.25, -0.2) is 0 Å². The Morgan fingerprint density at radius 1 is 1.24 bits per heavy atom. The van der Waals surface area contributed by atoms with Gasteiger partial charge >= 0.3 is 5.97 Å². The molecule has 0 aromatic rings. The second-order valence-corrected chi connectivity index (χ2v) is 10.6. The summed E-state index contributed by atoms with van der Waals surface area (Å²) in [4.78, 5) is 37.3. The minimum Gasteiger partial charge on any atom is -0.457 e. The van der Waals surface area contributed by atoms with E-state index in [2.05, 4.69) is 11.4 Å². The van der Waals surface area contributed by atoms with Crippen LogP contribution in [-0.2, 0) is 19.1 Å². The summed E-state index contributed by atoms with van der Waals surface area (Å²) in [6.07, 6.45) is 3.94. The van der Waals surface area contributed by atoms with Crippen LogP contribution >= 0.6 is 0 Å². The maximum absolute atomic E-state index is 13.1. The first-order valence-corrected chi connectivity index (χ1v) is 12.4. The van der Waals surface area contributed by atoms with E-state index >= 15 is 0 Å². The number of esters is 1. The summed E-state index contributed by atoms with van der Waals surface area (Å²) in [5.41, 5.74) is 0.741. The number of rotatable bonds is 3. The molecule has 1 amide bonds.